The fourth-order valence-corrected chi connectivity index (χ4v) is 5.96. The molecular formula is C24H32ClFN7O7P. The second-order valence-corrected chi connectivity index (χ2v) is 12.0. The molecular weight excluding hydrogens is 584 g/mol. The van der Waals surface area contributed by atoms with Crippen LogP contribution in [0.25, 0.3) is 11.2 Å². The van der Waals surface area contributed by atoms with Gasteiger partial charge >= 0.3 is 13.7 Å². The van der Waals surface area contributed by atoms with E-state index >= 15 is 0 Å². The van der Waals surface area contributed by atoms with Crippen molar-refractivity contribution in [1.29, 1.82) is 0 Å². The summed E-state index contributed by atoms with van der Waals surface area (Å²) in [6.07, 6.45) is -3.37. The Morgan fingerprint density at radius 1 is 1.32 bits per heavy atom. The van der Waals surface area contributed by atoms with Gasteiger partial charge in [-0.15, -0.1) is 11.6 Å². The number of alkyl halides is 2. The number of hydrogen-bond acceptors (Lipinski definition) is 12. The van der Waals surface area contributed by atoms with E-state index in [-0.39, 0.29) is 17.3 Å². The number of nitrogen functional groups attached to an aromatic ring is 1. The molecule has 1 saturated heterocycles. The van der Waals surface area contributed by atoms with Crippen molar-refractivity contribution in [2.45, 2.75) is 56.2 Å². The van der Waals surface area contributed by atoms with Crippen molar-refractivity contribution < 1.29 is 37.4 Å². The summed E-state index contributed by atoms with van der Waals surface area (Å²) in [5, 5.41) is 16.4. The van der Waals surface area contributed by atoms with Gasteiger partial charge in [-0.3, -0.25) is 13.9 Å². The summed E-state index contributed by atoms with van der Waals surface area (Å²) in [5.74, 6) is -0.279. The Hall–Kier alpha value is -3.07. The zero-order chi connectivity index (χ0) is 29.9. The monoisotopic (exact) mass is 615 g/mol. The van der Waals surface area contributed by atoms with Crippen LogP contribution in [-0.4, -0.2) is 80.2 Å². The van der Waals surface area contributed by atoms with Crippen molar-refractivity contribution in [2.24, 2.45) is 0 Å². The predicted octanol–water partition coefficient (Wildman–Crippen LogP) is 2.79. The van der Waals surface area contributed by atoms with Crippen LogP contribution < -0.4 is 20.7 Å². The standard InChI is InChI=1S/C24H32ClFN7O7P/c1-13(2)38-21(35)14(3)32-41(36,40-15-8-6-5-7-9-15)37-10-16-18(34)24(25,11-26)22(39-16)33-12-29-17-19(28-4)30-23(27)31-20(17)33/h5-9,12-14,16,18,22,34H,10-11H2,1-4H3,(H,32,36)(H3,27,28,30,31)/t14-,16-,18-,22-,24-,41-/m1/s1. The van der Waals surface area contributed by atoms with Gasteiger partial charge in [0, 0.05) is 7.05 Å². The summed E-state index contributed by atoms with van der Waals surface area (Å²) < 4.78 is 51.9. The van der Waals surface area contributed by atoms with Crippen LogP contribution >= 0.6 is 19.3 Å². The largest absolute Gasteiger partial charge is 0.462 e. The number of halogens is 2. The van der Waals surface area contributed by atoms with Gasteiger partial charge < -0.3 is 30.2 Å². The van der Waals surface area contributed by atoms with Gasteiger partial charge in [0.2, 0.25) is 5.95 Å². The number of aromatic nitrogens is 4. The van der Waals surface area contributed by atoms with Gasteiger partial charge in [0.15, 0.2) is 23.2 Å². The number of nitrogens with two attached hydrogens (primary N) is 1. The lowest BCUT2D eigenvalue weighted by molar-refractivity contribution is -0.149. The zero-order valence-electron chi connectivity index (χ0n) is 22.7. The van der Waals surface area contributed by atoms with E-state index in [0.29, 0.717) is 11.3 Å². The Kier molecular flexibility index (Phi) is 9.36. The third-order valence-electron chi connectivity index (χ3n) is 6.13. The first-order valence-electron chi connectivity index (χ1n) is 12.6. The lowest BCUT2D eigenvalue weighted by atomic mass is 10.0. The van der Waals surface area contributed by atoms with E-state index in [9.17, 15) is 18.9 Å². The van der Waals surface area contributed by atoms with Crippen LogP contribution in [0.2, 0.25) is 0 Å². The number of rotatable bonds is 12. The number of para-hydroxylation sites is 1. The molecule has 0 amide bonds. The van der Waals surface area contributed by atoms with Gasteiger partial charge in [0.1, 0.15) is 35.5 Å². The van der Waals surface area contributed by atoms with Gasteiger partial charge in [-0.05, 0) is 32.9 Å². The maximum Gasteiger partial charge on any atom is 0.459 e. The molecule has 0 spiro atoms. The molecule has 5 N–H and O–H groups in total. The van der Waals surface area contributed by atoms with E-state index < -0.39 is 62.5 Å². The predicted molar refractivity (Wildman–Crippen MR) is 148 cm³/mol. The molecule has 0 unspecified atom stereocenters. The summed E-state index contributed by atoms with van der Waals surface area (Å²) in [5.41, 5.74) is 6.31. The number of imidazole rings is 1. The minimum atomic E-state index is -4.30. The summed E-state index contributed by atoms with van der Waals surface area (Å²) in [6, 6.07) is 7.01. The summed E-state index contributed by atoms with van der Waals surface area (Å²) >= 11 is 6.60. The van der Waals surface area contributed by atoms with Gasteiger partial charge in [0.05, 0.1) is 19.0 Å². The van der Waals surface area contributed by atoms with E-state index in [4.69, 9.17) is 35.9 Å². The Morgan fingerprint density at radius 2 is 2.02 bits per heavy atom. The van der Waals surface area contributed by atoms with Crippen LogP contribution in [0.5, 0.6) is 5.75 Å². The molecule has 0 saturated carbocycles. The van der Waals surface area contributed by atoms with Gasteiger partial charge in [-0.1, -0.05) is 18.2 Å². The molecule has 14 nitrogen and oxygen atoms in total. The number of esters is 1. The summed E-state index contributed by atoms with van der Waals surface area (Å²) in [4.78, 5) is 22.9. The highest BCUT2D eigenvalue weighted by Crippen LogP contribution is 2.49. The number of ether oxygens (including phenoxy) is 2. The average molecular weight is 616 g/mol. The second-order valence-electron chi connectivity index (χ2n) is 9.57. The molecule has 1 aliphatic rings. The van der Waals surface area contributed by atoms with Crippen molar-refractivity contribution in [3.63, 3.8) is 0 Å². The number of fused-ring (bicyclic) bond motifs is 1. The number of aliphatic hydroxyl groups excluding tert-OH is 1. The Morgan fingerprint density at radius 3 is 2.66 bits per heavy atom. The van der Waals surface area contributed by atoms with E-state index in [0.717, 1.165) is 0 Å². The first-order valence-corrected chi connectivity index (χ1v) is 14.6. The number of benzene rings is 1. The van der Waals surface area contributed by atoms with Crippen LogP contribution in [0.4, 0.5) is 16.2 Å². The van der Waals surface area contributed by atoms with E-state index in [2.05, 4.69) is 25.4 Å². The molecule has 224 valence electrons. The fraction of sp³-hybridized carbons (Fsp3) is 0.500. The van der Waals surface area contributed by atoms with Crippen molar-refractivity contribution in [2.75, 3.05) is 31.4 Å². The van der Waals surface area contributed by atoms with Gasteiger partial charge in [0.25, 0.3) is 0 Å². The number of nitrogens with one attached hydrogen (secondary N) is 2. The summed E-state index contributed by atoms with van der Waals surface area (Å²) in [6.45, 7) is 2.98. The normalized spacial score (nSPS) is 24.7. The smallest absolute Gasteiger partial charge is 0.459 e. The van der Waals surface area contributed by atoms with E-state index in [1.165, 1.54) is 30.0 Å². The number of nitrogens with zero attached hydrogens (tertiary/aromatic N) is 4. The van der Waals surface area contributed by atoms with Crippen LogP contribution in [0.3, 0.4) is 0 Å². The highest BCUT2D eigenvalue weighted by molar-refractivity contribution is 7.52. The SMILES string of the molecule is CNc1nc(N)nc2c1ncn2[C@@H]1O[C@H](CO[P@](=O)(N[C@H](C)C(=O)OC(C)C)Oc2ccccc2)[C@@H](O)[C@]1(Cl)CF. The highest BCUT2D eigenvalue weighted by atomic mass is 35.5. The molecule has 3 aromatic rings. The molecule has 1 aromatic carbocycles. The quantitative estimate of drug-likeness (QED) is 0.133. The number of carbonyl (C=O) groups is 1. The van der Waals surface area contributed by atoms with Crippen molar-refractivity contribution in [1.82, 2.24) is 24.6 Å². The minimum absolute atomic E-state index is 0.0855. The second kappa shape index (κ2) is 12.4. The number of anilines is 2. The van der Waals surface area contributed by atoms with Crippen molar-refractivity contribution in [3.05, 3.63) is 36.7 Å². The maximum absolute atomic E-state index is 14.4. The first-order chi connectivity index (χ1) is 19.4. The number of carbonyl (C=O) groups excluding carboxylic acids is 1. The van der Waals surface area contributed by atoms with Gasteiger partial charge in [-0.2, -0.15) is 15.1 Å². The Balaban J connectivity index is 1.59. The zero-order valence-corrected chi connectivity index (χ0v) is 24.4. The minimum Gasteiger partial charge on any atom is -0.462 e. The molecule has 41 heavy (non-hydrogen) atoms. The number of hydrogen-bond donors (Lipinski definition) is 4. The third kappa shape index (κ3) is 6.55. The molecule has 0 radical (unpaired) electrons. The Labute approximate surface area is 240 Å². The number of aliphatic hydroxyl groups is 1. The van der Waals surface area contributed by atoms with Crippen LogP contribution in [0.15, 0.2) is 36.7 Å². The fourth-order valence-electron chi connectivity index (χ4n) is 4.17. The third-order valence-corrected chi connectivity index (χ3v) is 8.28. The lowest BCUT2D eigenvalue weighted by Crippen LogP contribution is -2.44. The molecule has 0 bridgehead atoms. The van der Waals surface area contributed by atoms with Crippen LogP contribution in [-0.2, 0) is 23.4 Å². The lowest BCUT2D eigenvalue weighted by Gasteiger charge is -2.27. The van der Waals surface area contributed by atoms with E-state index in [1.807, 2.05) is 0 Å². The molecule has 2 aromatic heterocycles. The molecule has 4 rings (SSSR count). The van der Waals surface area contributed by atoms with Crippen molar-refractivity contribution in [3.8, 4) is 5.75 Å². The highest BCUT2D eigenvalue weighted by Gasteiger charge is 2.57. The molecule has 1 fully saturated rings. The molecule has 3 heterocycles. The molecule has 0 aliphatic carbocycles. The average Bonchev–Trinajstić information content (AvgIpc) is 3.45. The van der Waals surface area contributed by atoms with Crippen LogP contribution in [0.1, 0.15) is 27.0 Å². The van der Waals surface area contributed by atoms with Gasteiger partial charge in [-0.25, -0.2) is 13.9 Å². The van der Waals surface area contributed by atoms with E-state index in [1.54, 1.807) is 39.1 Å². The Bertz CT molecular complexity index is 1420. The van der Waals surface area contributed by atoms with Crippen LogP contribution in [0, 0.1) is 0 Å². The topological polar surface area (TPSA) is 185 Å². The molecule has 1 aliphatic heterocycles. The first kappa shape index (κ1) is 30.9. The molecule has 17 heteroatoms. The molecule has 6 atom stereocenters. The maximum atomic E-state index is 14.4. The summed E-state index contributed by atoms with van der Waals surface area (Å²) in [7, 11) is -2.69. The van der Waals surface area contributed by atoms with Crippen molar-refractivity contribution >= 4 is 48.2 Å².